The Morgan fingerprint density at radius 1 is 1.16 bits per heavy atom. The molecular formula is C23H27N5O2S. The van der Waals surface area contributed by atoms with Crippen LogP contribution < -0.4 is 5.32 Å². The van der Waals surface area contributed by atoms with Crippen LogP contribution in [0.25, 0.3) is 11.4 Å². The number of nitrogens with zero attached hydrogens (tertiary/aromatic N) is 3. The lowest BCUT2D eigenvalue weighted by molar-refractivity contribution is -0.121. The lowest BCUT2D eigenvalue weighted by atomic mass is 10.1. The van der Waals surface area contributed by atoms with Gasteiger partial charge in [0.2, 0.25) is 5.91 Å². The molecule has 2 aromatic carbocycles. The molecule has 1 aliphatic heterocycles. The van der Waals surface area contributed by atoms with Crippen LogP contribution in [0.3, 0.4) is 0 Å². The van der Waals surface area contributed by atoms with E-state index >= 15 is 0 Å². The highest BCUT2D eigenvalue weighted by molar-refractivity contribution is 7.71. The van der Waals surface area contributed by atoms with Gasteiger partial charge in [0.15, 0.2) is 10.6 Å². The summed E-state index contributed by atoms with van der Waals surface area (Å²) in [7, 11) is 0. The molecule has 2 N–H and O–H groups in total. The molecule has 4 rings (SSSR count). The maximum absolute atomic E-state index is 12.7. The maximum atomic E-state index is 12.7. The van der Waals surface area contributed by atoms with E-state index in [4.69, 9.17) is 17.0 Å². The van der Waals surface area contributed by atoms with Gasteiger partial charge in [0, 0.05) is 31.7 Å². The Bertz CT molecular complexity index is 1100. The Labute approximate surface area is 187 Å². The van der Waals surface area contributed by atoms with Gasteiger partial charge in [-0.15, -0.1) is 0 Å². The van der Waals surface area contributed by atoms with Crippen LogP contribution in [0.15, 0.2) is 48.5 Å². The highest BCUT2D eigenvalue weighted by Crippen LogP contribution is 2.18. The summed E-state index contributed by atoms with van der Waals surface area (Å²) < 4.78 is 7.60. The standard InChI is InChI=1S/C23H27N5O2S/c1-17-5-4-8-18(13-17)22-25-26-23(31)28(22)16-21(29)24-14-19-6-2-3-7-20(19)15-27-9-11-30-12-10-27/h2-8,13H,9-12,14-16H2,1H3,(H,24,29)(H,26,31). The number of aromatic amines is 1. The lowest BCUT2D eigenvalue weighted by Crippen LogP contribution is -2.36. The average Bonchev–Trinajstić information content (AvgIpc) is 3.14. The van der Waals surface area contributed by atoms with Crippen molar-refractivity contribution in [2.75, 3.05) is 26.3 Å². The lowest BCUT2D eigenvalue weighted by Gasteiger charge is -2.27. The van der Waals surface area contributed by atoms with E-state index in [1.165, 1.54) is 5.56 Å². The Kier molecular flexibility index (Phi) is 6.91. The number of carbonyl (C=O) groups is 1. The van der Waals surface area contributed by atoms with Crippen molar-refractivity contribution in [1.82, 2.24) is 25.0 Å². The van der Waals surface area contributed by atoms with Crippen LogP contribution in [0, 0.1) is 11.7 Å². The van der Waals surface area contributed by atoms with E-state index < -0.39 is 0 Å². The van der Waals surface area contributed by atoms with Crippen molar-refractivity contribution < 1.29 is 9.53 Å². The number of ether oxygens (including phenoxy) is 1. The summed E-state index contributed by atoms with van der Waals surface area (Å²) in [6.45, 7) is 6.88. The van der Waals surface area contributed by atoms with E-state index in [1.54, 1.807) is 4.57 Å². The Balaban J connectivity index is 1.42. The van der Waals surface area contributed by atoms with Crippen LogP contribution in [0.1, 0.15) is 16.7 Å². The van der Waals surface area contributed by atoms with E-state index in [0.29, 0.717) is 17.1 Å². The molecule has 7 nitrogen and oxygen atoms in total. The number of amides is 1. The third-order valence-corrected chi connectivity index (χ3v) is 5.74. The predicted octanol–water partition coefficient (Wildman–Crippen LogP) is 3.06. The van der Waals surface area contributed by atoms with Gasteiger partial charge in [0.05, 0.1) is 13.2 Å². The van der Waals surface area contributed by atoms with Gasteiger partial charge in [-0.05, 0) is 36.3 Å². The molecule has 162 valence electrons. The molecule has 1 amide bonds. The van der Waals surface area contributed by atoms with Crippen molar-refractivity contribution in [2.45, 2.75) is 26.6 Å². The smallest absolute Gasteiger partial charge is 0.240 e. The highest BCUT2D eigenvalue weighted by Gasteiger charge is 2.15. The molecule has 0 atom stereocenters. The zero-order valence-electron chi connectivity index (χ0n) is 17.6. The van der Waals surface area contributed by atoms with Crippen LogP contribution in [0.5, 0.6) is 0 Å². The van der Waals surface area contributed by atoms with Crippen LogP contribution >= 0.6 is 12.2 Å². The topological polar surface area (TPSA) is 75.2 Å². The van der Waals surface area contributed by atoms with Crippen LogP contribution in [0.4, 0.5) is 0 Å². The van der Waals surface area contributed by atoms with Crippen molar-refractivity contribution in [3.05, 3.63) is 70.0 Å². The fourth-order valence-corrected chi connectivity index (χ4v) is 3.94. The van der Waals surface area contributed by atoms with Crippen molar-refractivity contribution in [3.63, 3.8) is 0 Å². The summed E-state index contributed by atoms with van der Waals surface area (Å²) >= 11 is 5.36. The van der Waals surface area contributed by atoms with E-state index in [2.05, 4.69) is 32.5 Å². The Morgan fingerprint density at radius 3 is 2.71 bits per heavy atom. The second-order valence-electron chi connectivity index (χ2n) is 7.74. The molecule has 1 aliphatic rings. The molecule has 31 heavy (non-hydrogen) atoms. The van der Waals surface area contributed by atoms with Gasteiger partial charge in [-0.2, -0.15) is 5.10 Å². The largest absolute Gasteiger partial charge is 0.379 e. The van der Waals surface area contributed by atoms with Crippen molar-refractivity contribution in [1.29, 1.82) is 0 Å². The summed E-state index contributed by atoms with van der Waals surface area (Å²) in [6.07, 6.45) is 0. The number of nitrogens with one attached hydrogen (secondary N) is 2. The first-order chi connectivity index (χ1) is 15.1. The molecule has 1 saturated heterocycles. The number of hydrogen-bond donors (Lipinski definition) is 2. The summed E-state index contributed by atoms with van der Waals surface area (Å²) in [5.41, 5.74) is 4.40. The molecule has 0 spiro atoms. The van der Waals surface area contributed by atoms with Gasteiger partial charge in [0.25, 0.3) is 0 Å². The predicted molar refractivity (Wildman–Crippen MR) is 122 cm³/mol. The Hall–Kier alpha value is -2.81. The molecule has 0 aliphatic carbocycles. The number of hydrogen-bond acceptors (Lipinski definition) is 5. The molecule has 0 saturated carbocycles. The molecule has 2 heterocycles. The van der Waals surface area contributed by atoms with Crippen molar-refractivity contribution in [2.24, 2.45) is 0 Å². The number of morpholine rings is 1. The third kappa shape index (κ3) is 5.46. The van der Waals surface area contributed by atoms with E-state index in [1.807, 2.05) is 43.3 Å². The summed E-state index contributed by atoms with van der Waals surface area (Å²) in [5.74, 6) is 0.559. The number of H-pyrrole nitrogens is 1. The van der Waals surface area contributed by atoms with Gasteiger partial charge in [-0.3, -0.25) is 19.4 Å². The first-order valence-electron chi connectivity index (χ1n) is 10.5. The van der Waals surface area contributed by atoms with Crippen molar-refractivity contribution in [3.8, 4) is 11.4 Å². The van der Waals surface area contributed by atoms with Gasteiger partial charge in [-0.1, -0.05) is 48.0 Å². The second kappa shape index (κ2) is 10.00. The van der Waals surface area contributed by atoms with Gasteiger partial charge in [-0.25, -0.2) is 0 Å². The van der Waals surface area contributed by atoms with E-state index in [0.717, 1.165) is 49.5 Å². The van der Waals surface area contributed by atoms with Crippen molar-refractivity contribution >= 4 is 18.1 Å². The van der Waals surface area contributed by atoms with Gasteiger partial charge < -0.3 is 10.1 Å². The average molecular weight is 438 g/mol. The second-order valence-corrected chi connectivity index (χ2v) is 8.13. The number of aryl methyl sites for hydroxylation is 1. The fraction of sp³-hybridized carbons (Fsp3) is 0.348. The SMILES string of the molecule is Cc1cccc(-c2n[nH]c(=S)n2CC(=O)NCc2ccccc2CN2CCOCC2)c1. The molecule has 3 aromatic rings. The molecule has 0 radical (unpaired) electrons. The normalized spacial score (nSPS) is 14.5. The first-order valence-corrected chi connectivity index (χ1v) is 10.9. The minimum absolute atomic E-state index is 0.104. The third-order valence-electron chi connectivity index (χ3n) is 5.43. The van der Waals surface area contributed by atoms with Gasteiger partial charge in [0.1, 0.15) is 6.54 Å². The van der Waals surface area contributed by atoms with Crippen LogP contribution in [0.2, 0.25) is 0 Å². The summed E-state index contributed by atoms with van der Waals surface area (Å²) in [5, 5.41) is 10.2. The summed E-state index contributed by atoms with van der Waals surface area (Å²) in [6, 6.07) is 16.2. The van der Waals surface area contributed by atoms with Crippen LogP contribution in [-0.4, -0.2) is 51.9 Å². The number of rotatable bonds is 7. The highest BCUT2D eigenvalue weighted by atomic mass is 32.1. The molecule has 0 unspecified atom stereocenters. The number of aromatic nitrogens is 3. The van der Waals surface area contributed by atoms with E-state index in [9.17, 15) is 4.79 Å². The molecule has 1 fully saturated rings. The summed E-state index contributed by atoms with van der Waals surface area (Å²) in [4.78, 5) is 15.1. The molecule has 0 bridgehead atoms. The van der Waals surface area contributed by atoms with Gasteiger partial charge >= 0.3 is 0 Å². The minimum atomic E-state index is -0.104. The zero-order valence-corrected chi connectivity index (χ0v) is 18.5. The first kappa shape index (κ1) is 21.4. The number of carbonyl (C=O) groups excluding carboxylic acids is 1. The molecule has 1 aromatic heterocycles. The van der Waals surface area contributed by atoms with E-state index in [-0.39, 0.29) is 12.5 Å². The Morgan fingerprint density at radius 2 is 1.94 bits per heavy atom. The maximum Gasteiger partial charge on any atom is 0.240 e. The monoisotopic (exact) mass is 437 g/mol. The van der Waals surface area contributed by atoms with Crippen LogP contribution in [-0.2, 0) is 29.2 Å². The minimum Gasteiger partial charge on any atom is -0.379 e. The molecular weight excluding hydrogens is 410 g/mol. The fourth-order valence-electron chi connectivity index (χ4n) is 3.75. The quantitative estimate of drug-likeness (QED) is 0.556. The number of benzene rings is 2. The molecule has 8 heteroatoms. The zero-order chi connectivity index (χ0) is 21.6.